The smallest absolute Gasteiger partial charge is 0.251 e. The Kier molecular flexibility index (Phi) is 7.18. The fourth-order valence-electron chi connectivity index (χ4n) is 1.76. The minimum atomic E-state index is -0.500. The average molecular weight is 289 g/mol. The van der Waals surface area contributed by atoms with Crippen molar-refractivity contribution in [3.63, 3.8) is 0 Å². The molecule has 1 unspecified atom stereocenters. The first-order valence-corrected chi connectivity index (χ1v) is 7.14. The number of hydrogen-bond acceptors (Lipinski definition) is 3. The average Bonchev–Trinajstić information content (AvgIpc) is 2.50. The number of benzene rings is 1. The molecule has 1 aromatic rings. The van der Waals surface area contributed by atoms with E-state index in [0.29, 0.717) is 24.2 Å². The van der Waals surface area contributed by atoms with Crippen LogP contribution in [0.25, 0.3) is 0 Å². The van der Waals surface area contributed by atoms with E-state index >= 15 is 0 Å². The van der Waals surface area contributed by atoms with Gasteiger partial charge in [0.2, 0.25) is 5.91 Å². The van der Waals surface area contributed by atoms with Crippen LogP contribution in [0.15, 0.2) is 36.9 Å². The van der Waals surface area contributed by atoms with E-state index in [4.69, 9.17) is 5.73 Å². The van der Waals surface area contributed by atoms with Gasteiger partial charge in [0.1, 0.15) is 0 Å². The normalized spacial score (nSPS) is 11.5. The van der Waals surface area contributed by atoms with Gasteiger partial charge in [0.05, 0.1) is 6.04 Å². The van der Waals surface area contributed by atoms with Crippen LogP contribution in [-0.2, 0) is 4.79 Å². The van der Waals surface area contributed by atoms with Crippen molar-refractivity contribution in [3.05, 3.63) is 42.5 Å². The molecule has 21 heavy (non-hydrogen) atoms. The SMILES string of the molecule is C=CCNC(=O)c1ccc(NC(=O)C(N)CCCC)cc1. The first-order chi connectivity index (χ1) is 10.1. The van der Waals surface area contributed by atoms with Crippen molar-refractivity contribution in [2.75, 3.05) is 11.9 Å². The third-order valence-corrected chi connectivity index (χ3v) is 3.03. The Morgan fingerprint density at radius 2 is 2.00 bits per heavy atom. The van der Waals surface area contributed by atoms with E-state index in [2.05, 4.69) is 24.1 Å². The van der Waals surface area contributed by atoms with Gasteiger partial charge in [0, 0.05) is 17.8 Å². The molecule has 0 radical (unpaired) electrons. The minimum Gasteiger partial charge on any atom is -0.349 e. The van der Waals surface area contributed by atoms with Crippen LogP contribution in [0.4, 0.5) is 5.69 Å². The predicted molar refractivity (Wildman–Crippen MR) is 85.1 cm³/mol. The van der Waals surface area contributed by atoms with Crippen molar-refractivity contribution in [3.8, 4) is 0 Å². The summed E-state index contributed by atoms with van der Waals surface area (Å²) in [5, 5.41) is 5.43. The molecule has 0 spiro atoms. The Balaban J connectivity index is 2.56. The van der Waals surface area contributed by atoms with E-state index in [1.807, 2.05) is 0 Å². The van der Waals surface area contributed by atoms with Crippen molar-refractivity contribution < 1.29 is 9.59 Å². The summed E-state index contributed by atoms with van der Waals surface area (Å²) in [7, 11) is 0. The maximum atomic E-state index is 11.9. The highest BCUT2D eigenvalue weighted by molar-refractivity contribution is 5.97. The second-order valence-electron chi connectivity index (χ2n) is 4.81. The Morgan fingerprint density at radius 3 is 2.57 bits per heavy atom. The van der Waals surface area contributed by atoms with Gasteiger partial charge in [-0.25, -0.2) is 0 Å². The van der Waals surface area contributed by atoms with Crippen LogP contribution in [0.5, 0.6) is 0 Å². The zero-order valence-corrected chi connectivity index (χ0v) is 12.4. The molecule has 2 amide bonds. The van der Waals surface area contributed by atoms with Crippen LogP contribution < -0.4 is 16.4 Å². The summed E-state index contributed by atoms with van der Waals surface area (Å²) in [5.74, 6) is -0.375. The zero-order valence-electron chi connectivity index (χ0n) is 12.4. The van der Waals surface area contributed by atoms with Crippen LogP contribution in [0.1, 0.15) is 36.5 Å². The molecule has 114 valence electrons. The number of nitrogens with two attached hydrogens (primary N) is 1. The lowest BCUT2D eigenvalue weighted by molar-refractivity contribution is -0.117. The van der Waals surface area contributed by atoms with Crippen LogP contribution in [0, 0.1) is 0 Å². The molecule has 0 fully saturated rings. The number of anilines is 1. The van der Waals surface area contributed by atoms with Gasteiger partial charge in [-0.3, -0.25) is 9.59 Å². The number of carbonyl (C=O) groups is 2. The highest BCUT2D eigenvalue weighted by Gasteiger charge is 2.13. The van der Waals surface area contributed by atoms with E-state index in [9.17, 15) is 9.59 Å². The highest BCUT2D eigenvalue weighted by atomic mass is 16.2. The molecule has 4 N–H and O–H groups in total. The minimum absolute atomic E-state index is 0.174. The molecule has 0 aromatic heterocycles. The molecule has 0 aliphatic heterocycles. The molecule has 0 saturated heterocycles. The molecular weight excluding hydrogens is 266 g/mol. The number of unbranched alkanes of at least 4 members (excludes halogenated alkanes) is 1. The van der Waals surface area contributed by atoms with E-state index in [1.54, 1.807) is 30.3 Å². The summed E-state index contributed by atoms with van der Waals surface area (Å²) < 4.78 is 0. The predicted octanol–water partition coefficient (Wildman–Crippen LogP) is 2.06. The second kappa shape index (κ2) is 8.92. The summed E-state index contributed by atoms with van der Waals surface area (Å²) in [6.07, 6.45) is 4.22. The zero-order chi connectivity index (χ0) is 15.7. The van der Waals surface area contributed by atoms with E-state index < -0.39 is 6.04 Å². The number of hydrogen-bond donors (Lipinski definition) is 3. The molecule has 0 saturated carbocycles. The van der Waals surface area contributed by atoms with Crippen molar-refractivity contribution >= 4 is 17.5 Å². The maximum Gasteiger partial charge on any atom is 0.251 e. The van der Waals surface area contributed by atoms with Crippen LogP contribution >= 0.6 is 0 Å². The largest absolute Gasteiger partial charge is 0.349 e. The number of carbonyl (C=O) groups excluding carboxylic acids is 2. The summed E-state index contributed by atoms with van der Waals surface area (Å²) in [5.41, 5.74) is 6.96. The third-order valence-electron chi connectivity index (χ3n) is 3.03. The summed E-state index contributed by atoms with van der Waals surface area (Å²) in [6, 6.07) is 6.19. The first kappa shape index (κ1) is 16.9. The number of nitrogens with one attached hydrogen (secondary N) is 2. The third kappa shape index (κ3) is 5.79. The molecule has 1 rings (SSSR count). The van der Waals surface area contributed by atoms with Crippen LogP contribution in [-0.4, -0.2) is 24.4 Å². The highest BCUT2D eigenvalue weighted by Crippen LogP contribution is 2.10. The Hall–Kier alpha value is -2.14. The lowest BCUT2D eigenvalue weighted by atomic mass is 10.1. The van der Waals surface area contributed by atoms with Gasteiger partial charge in [-0.05, 0) is 30.7 Å². The van der Waals surface area contributed by atoms with Crippen molar-refractivity contribution in [2.45, 2.75) is 32.2 Å². The van der Waals surface area contributed by atoms with Crippen molar-refractivity contribution in [2.24, 2.45) is 5.73 Å². The Morgan fingerprint density at radius 1 is 1.33 bits per heavy atom. The molecule has 0 bridgehead atoms. The maximum absolute atomic E-state index is 11.9. The topological polar surface area (TPSA) is 84.2 Å². The lowest BCUT2D eigenvalue weighted by Crippen LogP contribution is -2.35. The lowest BCUT2D eigenvalue weighted by Gasteiger charge is -2.12. The van der Waals surface area contributed by atoms with E-state index in [1.165, 1.54) is 0 Å². The summed E-state index contributed by atoms with van der Waals surface area (Å²) >= 11 is 0. The van der Waals surface area contributed by atoms with Gasteiger partial charge in [-0.15, -0.1) is 6.58 Å². The standard InChI is InChI=1S/C16H23N3O2/c1-3-5-6-14(17)16(21)19-13-9-7-12(8-10-13)15(20)18-11-4-2/h4,7-10,14H,2-3,5-6,11,17H2,1H3,(H,18,20)(H,19,21). The Bertz CT molecular complexity index is 483. The fraction of sp³-hybridized carbons (Fsp3) is 0.375. The summed E-state index contributed by atoms with van der Waals surface area (Å²) in [4.78, 5) is 23.5. The van der Waals surface area contributed by atoms with Gasteiger partial charge in [-0.1, -0.05) is 25.8 Å². The quantitative estimate of drug-likeness (QED) is 0.640. The fourth-order valence-corrected chi connectivity index (χ4v) is 1.76. The van der Waals surface area contributed by atoms with Gasteiger partial charge in [0.15, 0.2) is 0 Å². The van der Waals surface area contributed by atoms with Gasteiger partial charge in [0.25, 0.3) is 5.91 Å². The molecule has 5 nitrogen and oxygen atoms in total. The molecule has 5 heteroatoms. The molecule has 1 atom stereocenters. The number of amides is 2. The monoisotopic (exact) mass is 289 g/mol. The van der Waals surface area contributed by atoms with E-state index in [-0.39, 0.29) is 11.8 Å². The van der Waals surface area contributed by atoms with Gasteiger partial charge < -0.3 is 16.4 Å². The van der Waals surface area contributed by atoms with Crippen molar-refractivity contribution in [1.82, 2.24) is 5.32 Å². The first-order valence-electron chi connectivity index (χ1n) is 7.14. The summed E-state index contributed by atoms with van der Waals surface area (Å²) in [6.45, 7) is 6.01. The van der Waals surface area contributed by atoms with Crippen molar-refractivity contribution in [1.29, 1.82) is 0 Å². The second-order valence-corrected chi connectivity index (χ2v) is 4.81. The van der Waals surface area contributed by atoms with E-state index in [0.717, 1.165) is 12.8 Å². The number of rotatable bonds is 8. The molecule has 0 aliphatic carbocycles. The molecule has 1 aromatic carbocycles. The molecule has 0 aliphatic rings. The molecular formula is C16H23N3O2. The van der Waals surface area contributed by atoms with Crippen LogP contribution in [0.3, 0.4) is 0 Å². The Labute approximate surface area is 125 Å². The molecule has 0 heterocycles. The van der Waals surface area contributed by atoms with Gasteiger partial charge in [-0.2, -0.15) is 0 Å². The van der Waals surface area contributed by atoms with Gasteiger partial charge >= 0.3 is 0 Å². The van der Waals surface area contributed by atoms with Crippen LogP contribution in [0.2, 0.25) is 0 Å².